The summed E-state index contributed by atoms with van der Waals surface area (Å²) in [4.78, 5) is 25.5. The normalized spacial score (nSPS) is 19.1. The first-order valence-corrected chi connectivity index (χ1v) is 7.66. The molecule has 0 aliphatic carbocycles. The van der Waals surface area contributed by atoms with E-state index in [0.29, 0.717) is 5.71 Å². The molecule has 0 spiro atoms. The number of rotatable bonds is 4. The molecule has 2 saturated heterocycles. The van der Waals surface area contributed by atoms with Crippen LogP contribution in [0.4, 0.5) is 29.7 Å². The first-order valence-electron chi connectivity index (χ1n) is 7.66. The average Bonchev–Trinajstić information content (AvgIpc) is 2.94. The number of oxime groups is 1. The second-order valence-electron chi connectivity index (χ2n) is 5.77. The molecule has 1 atom stereocenters. The summed E-state index contributed by atoms with van der Waals surface area (Å²) < 4.78 is 38.2. The molecule has 0 radical (unpaired) electrons. The minimum absolute atomic E-state index is 0.00545. The van der Waals surface area contributed by atoms with E-state index in [2.05, 4.69) is 15.2 Å². The van der Waals surface area contributed by atoms with Crippen molar-refractivity contribution in [2.24, 2.45) is 5.16 Å². The van der Waals surface area contributed by atoms with Gasteiger partial charge in [0, 0.05) is 12.1 Å². The van der Waals surface area contributed by atoms with Crippen LogP contribution >= 0.6 is 0 Å². The molecule has 1 aromatic carbocycles. The summed E-state index contributed by atoms with van der Waals surface area (Å²) in [5, 5.41) is 14.0. The average molecular weight is 370 g/mol. The summed E-state index contributed by atoms with van der Waals surface area (Å²) in [7, 11) is 1.20. The van der Waals surface area contributed by atoms with Crippen molar-refractivity contribution < 1.29 is 33.1 Å². The summed E-state index contributed by atoms with van der Waals surface area (Å²) in [6.45, 7) is 0.272. The van der Waals surface area contributed by atoms with Crippen molar-refractivity contribution in [2.45, 2.75) is 6.10 Å². The van der Waals surface area contributed by atoms with Gasteiger partial charge in [-0.1, -0.05) is 5.16 Å². The Morgan fingerprint density at radius 3 is 2.65 bits per heavy atom. The Hall–Kier alpha value is -3.11. The van der Waals surface area contributed by atoms with Gasteiger partial charge >= 0.3 is 12.2 Å². The summed E-state index contributed by atoms with van der Waals surface area (Å²) in [6, 6.07) is 2.06. The highest BCUT2D eigenvalue weighted by Gasteiger charge is 2.35. The number of methoxy groups -OCH3 is 1. The third-order valence-corrected chi connectivity index (χ3v) is 4.05. The van der Waals surface area contributed by atoms with Gasteiger partial charge in [-0.15, -0.1) is 0 Å². The number of halogens is 2. The molecule has 9 nitrogen and oxygen atoms in total. The zero-order valence-electron chi connectivity index (χ0n) is 13.7. The number of anilines is 2. The summed E-state index contributed by atoms with van der Waals surface area (Å²) in [5.74, 6) is -1.69. The van der Waals surface area contributed by atoms with Crippen LogP contribution in [0.3, 0.4) is 0 Å². The van der Waals surface area contributed by atoms with Crippen molar-refractivity contribution >= 4 is 29.3 Å². The molecule has 0 aromatic heterocycles. The minimum Gasteiger partial charge on any atom is -0.453 e. The molecular weight excluding hydrogens is 354 g/mol. The Balaban J connectivity index is 1.71. The van der Waals surface area contributed by atoms with Gasteiger partial charge < -0.3 is 24.9 Å². The quantitative estimate of drug-likeness (QED) is 0.612. The lowest BCUT2D eigenvalue weighted by molar-refractivity contribution is 0.132. The maximum Gasteiger partial charge on any atom is 0.414 e. The third-order valence-electron chi connectivity index (χ3n) is 4.05. The van der Waals surface area contributed by atoms with Gasteiger partial charge in [0.05, 0.1) is 44.7 Å². The highest BCUT2D eigenvalue weighted by molar-refractivity contribution is 5.99. The van der Waals surface area contributed by atoms with Gasteiger partial charge in [-0.05, 0) is 0 Å². The standard InChI is InChI=1S/C15H16F2N4O5/c1-25-14(22)18-4-10-7-21(15(23)26-10)9-2-11(16)13(12(17)3-9)20-5-8(6-20)19-24/h2-3,10,24H,4-7H2,1H3,(H,18,22)/t10-/m0/s1. The molecular formula is C15H16F2N4O5. The van der Waals surface area contributed by atoms with Crippen LogP contribution < -0.4 is 15.1 Å². The Morgan fingerprint density at radius 1 is 1.42 bits per heavy atom. The third kappa shape index (κ3) is 3.32. The number of ether oxygens (including phenoxy) is 2. The first kappa shape index (κ1) is 17.7. The van der Waals surface area contributed by atoms with E-state index in [1.165, 1.54) is 12.0 Å². The van der Waals surface area contributed by atoms with E-state index in [-0.39, 0.29) is 37.6 Å². The van der Waals surface area contributed by atoms with Crippen LogP contribution in [0.15, 0.2) is 17.3 Å². The number of carbonyl (C=O) groups is 2. The smallest absolute Gasteiger partial charge is 0.414 e. The van der Waals surface area contributed by atoms with E-state index in [1.807, 2.05) is 0 Å². The van der Waals surface area contributed by atoms with Gasteiger partial charge in [0.15, 0.2) is 11.6 Å². The highest BCUT2D eigenvalue weighted by Crippen LogP contribution is 2.32. The van der Waals surface area contributed by atoms with Crippen LogP contribution in [0.2, 0.25) is 0 Å². The van der Waals surface area contributed by atoms with Crippen LogP contribution in [0.25, 0.3) is 0 Å². The number of benzene rings is 1. The molecule has 1 aromatic rings. The zero-order chi connectivity index (χ0) is 18.8. The van der Waals surface area contributed by atoms with E-state index >= 15 is 0 Å². The highest BCUT2D eigenvalue weighted by atomic mass is 19.1. The second kappa shape index (κ2) is 7.02. The molecule has 3 rings (SSSR count). The Bertz CT molecular complexity index is 741. The van der Waals surface area contributed by atoms with Gasteiger partial charge in [0.1, 0.15) is 11.8 Å². The Labute approximate surface area is 146 Å². The van der Waals surface area contributed by atoms with Gasteiger partial charge in [-0.3, -0.25) is 4.90 Å². The van der Waals surface area contributed by atoms with Crippen LogP contribution in [0.1, 0.15) is 0 Å². The van der Waals surface area contributed by atoms with E-state index in [4.69, 9.17) is 9.94 Å². The lowest BCUT2D eigenvalue weighted by atomic mass is 10.1. The van der Waals surface area contributed by atoms with Crippen molar-refractivity contribution in [3.8, 4) is 0 Å². The van der Waals surface area contributed by atoms with E-state index in [0.717, 1.165) is 17.0 Å². The lowest BCUT2D eigenvalue weighted by Crippen LogP contribution is -2.48. The molecule has 2 aliphatic rings. The summed E-state index contributed by atoms with van der Waals surface area (Å²) in [5.41, 5.74) is 0.167. The predicted octanol–water partition coefficient (Wildman–Crippen LogP) is 1.30. The van der Waals surface area contributed by atoms with Crippen molar-refractivity contribution in [1.29, 1.82) is 0 Å². The topological polar surface area (TPSA) is 104 Å². The summed E-state index contributed by atoms with van der Waals surface area (Å²) >= 11 is 0. The fourth-order valence-corrected chi connectivity index (χ4v) is 2.73. The maximum absolute atomic E-state index is 14.4. The molecule has 0 bridgehead atoms. The fourth-order valence-electron chi connectivity index (χ4n) is 2.73. The van der Waals surface area contributed by atoms with Gasteiger partial charge in [-0.25, -0.2) is 18.4 Å². The number of amides is 2. The van der Waals surface area contributed by atoms with Crippen LogP contribution in [-0.2, 0) is 9.47 Å². The number of hydrogen-bond acceptors (Lipinski definition) is 7. The summed E-state index contributed by atoms with van der Waals surface area (Å²) in [6.07, 6.45) is -2.13. The van der Waals surface area contributed by atoms with Crippen molar-refractivity contribution in [1.82, 2.24) is 5.32 Å². The maximum atomic E-state index is 14.4. The molecule has 2 fully saturated rings. The number of carbonyl (C=O) groups excluding carboxylic acids is 2. The van der Waals surface area contributed by atoms with E-state index < -0.39 is 29.9 Å². The number of nitrogens with one attached hydrogen (secondary N) is 1. The molecule has 2 N–H and O–H groups in total. The monoisotopic (exact) mass is 370 g/mol. The zero-order valence-corrected chi connectivity index (χ0v) is 13.7. The number of alkyl carbamates (subject to hydrolysis) is 1. The molecule has 11 heteroatoms. The van der Waals surface area contributed by atoms with Gasteiger partial charge in [0.25, 0.3) is 0 Å². The van der Waals surface area contributed by atoms with Crippen molar-refractivity contribution in [3.63, 3.8) is 0 Å². The molecule has 2 aliphatic heterocycles. The molecule has 26 heavy (non-hydrogen) atoms. The van der Waals surface area contributed by atoms with E-state index in [1.54, 1.807) is 0 Å². The van der Waals surface area contributed by atoms with Crippen LogP contribution in [0.5, 0.6) is 0 Å². The number of cyclic esters (lactones) is 1. The number of nitrogens with zero attached hydrogens (tertiary/aromatic N) is 3. The molecule has 0 unspecified atom stereocenters. The second-order valence-corrected chi connectivity index (χ2v) is 5.77. The van der Waals surface area contributed by atoms with Gasteiger partial charge in [0.2, 0.25) is 0 Å². The largest absolute Gasteiger partial charge is 0.453 e. The molecule has 140 valence electrons. The van der Waals surface area contributed by atoms with Crippen molar-refractivity contribution in [3.05, 3.63) is 23.8 Å². The number of hydrogen-bond donors (Lipinski definition) is 2. The van der Waals surface area contributed by atoms with E-state index in [9.17, 15) is 18.4 Å². The Morgan fingerprint density at radius 2 is 2.08 bits per heavy atom. The van der Waals surface area contributed by atoms with Crippen LogP contribution in [0, 0.1) is 11.6 Å². The molecule has 2 amide bonds. The lowest BCUT2D eigenvalue weighted by Gasteiger charge is -2.34. The molecule has 0 saturated carbocycles. The minimum atomic E-state index is -0.846. The predicted molar refractivity (Wildman–Crippen MR) is 85.8 cm³/mol. The van der Waals surface area contributed by atoms with Crippen LogP contribution in [-0.4, -0.2) is 62.5 Å². The van der Waals surface area contributed by atoms with Gasteiger partial charge in [-0.2, -0.15) is 0 Å². The Kier molecular flexibility index (Phi) is 4.78. The fraction of sp³-hybridized carbons (Fsp3) is 0.400. The molecule has 2 heterocycles. The first-order chi connectivity index (χ1) is 12.4. The van der Waals surface area contributed by atoms with Crippen molar-refractivity contribution in [2.75, 3.05) is 43.1 Å². The SMILES string of the molecule is COC(=O)NC[C@H]1CN(c2cc(F)c(N3CC(=NO)C3)c(F)c2)C(=O)O1.